The number of hydrogen-bond acceptors (Lipinski definition) is 4. The number of hydrogen-bond donors (Lipinski definition) is 1. The summed E-state index contributed by atoms with van der Waals surface area (Å²) in [5.74, 6) is 0.536. The van der Waals surface area contributed by atoms with Crippen molar-refractivity contribution in [2.75, 3.05) is 0 Å². The van der Waals surface area contributed by atoms with Crippen LogP contribution in [0.3, 0.4) is 0 Å². The molecule has 3 rings (SSSR count). The lowest BCUT2D eigenvalue weighted by Crippen LogP contribution is -2.34. The molecule has 1 saturated carbocycles. The van der Waals surface area contributed by atoms with E-state index in [9.17, 15) is 4.39 Å². The molecule has 1 fully saturated rings. The molecule has 108 valence electrons. The summed E-state index contributed by atoms with van der Waals surface area (Å²) in [6, 6.07) is 4.49. The number of rotatable bonds is 2. The Morgan fingerprint density at radius 1 is 1.30 bits per heavy atom. The van der Waals surface area contributed by atoms with Crippen molar-refractivity contribution >= 4 is 35.0 Å². The van der Waals surface area contributed by atoms with E-state index in [4.69, 9.17) is 10.3 Å². The van der Waals surface area contributed by atoms with Crippen molar-refractivity contribution in [3.05, 3.63) is 33.4 Å². The highest BCUT2D eigenvalue weighted by Crippen LogP contribution is 2.35. The summed E-state index contributed by atoms with van der Waals surface area (Å²) in [6.45, 7) is 0. The van der Waals surface area contributed by atoms with Crippen LogP contribution in [0.2, 0.25) is 0 Å². The lowest BCUT2D eigenvalue weighted by Gasteiger charge is -2.17. The highest BCUT2D eigenvalue weighted by atomic mass is 127. The Hall–Kier alpha value is -0.730. The van der Waals surface area contributed by atoms with Gasteiger partial charge in [-0.15, -0.1) is 12.4 Å². The van der Waals surface area contributed by atoms with Gasteiger partial charge in [-0.2, -0.15) is 4.98 Å². The number of nitrogens with two attached hydrogens (primary N) is 1. The van der Waals surface area contributed by atoms with Gasteiger partial charge in [-0.05, 0) is 53.6 Å². The molecule has 2 aromatic rings. The molecule has 1 aromatic heterocycles. The van der Waals surface area contributed by atoms with Gasteiger partial charge < -0.3 is 10.3 Å². The van der Waals surface area contributed by atoms with Crippen LogP contribution in [0, 0.1) is 9.39 Å². The van der Waals surface area contributed by atoms with Crippen molar-refractivity contribution in [1.29, 1.82) is 0 Å². The molecule has 0 unspecified atom stereocenters. The summed E-state index contributed by atoms with van der Waals surface area (Å²) in [4.78, 5) is 4.36. The van der Waals surface area contributed by atoms with Crippen LogP contribution >= 0.6 is 35.0 Å². The molecule has 0 amide bonds. The summed E-state index contributed by atoms with van der Waals surface area (Å²) in [5, 5.41) is 3.98. The van der Waals surface area contributed by atoms with E-state index < -0.39 is 5.54 Å². The topological polar surface area (TPSA) is 64.9 Å². The summed E-state index contributed by atoms with van der Waals surface area (Å²) < 4.78 is 19.4. The van der Waals surface area contributed by atoms with E-state index in [0.29, 0.717) is 17.3 Å². The van der Waals surface area contributed by atoms with Gasteiger partial charge in [0.05, 0.1) is 11.1 Å². The average molecular weight is 410 g/mol. The SMILES string of the molecule is Cl.NC1(c2noc(-c3cc(F)ccc3I)n2)CCCC1. The van der Waals surface area contributed by atoms with Crippen molar-refractivity contribution in [3.8, 4) is 11.5 Å². The van der Waals surface area contributed by atoms with Gasteiger partial charge in [-0.25, -0.2) is 4.39 Å². The van der Waals surface area contributed by atoms with Crippen LogP contribution < -0.4 is 5.73 Å². The highest BCUT2D eigenvalue weighted by molar-refractivity contribution is 14.1. The normalized spacial score (nSPS) is 16.9. The van der Waals surface area contributed by atoms with Gasteiger partial charge in [0.1, 0.15) is 5.82 Å². The third-order valence-corrected chi connectivity index (χ3v) is 4.47. The van der Waals surface area contributed by atoms with Crippen LogP contribution in [0.15, 0.2) is 22.7 Å². The van der Waals surface area contributed by atoms with E-state index in [2.05, 4.69) is 32.7 Å². The third kappa shape index (κ3) is 2.82. The number of benzene rings is 1. The lowest BCUT2D eigenvalue weighted by atomic mass is 9.99. The molecule has 0 bridgehead atoms. The lowest BCUT2D eigenvalue weighted by molar-refractivity contribution is 0.372. The molecule has 2 N–H and O–H groups in total. The Morgan fingerprint density at radius 2 is 2.00 bits per heavy atom. The molecule has 1 aliphatic rings. The van der Waals surface area contributed by atoms with Crippen LogP contribution in [0.25, 0.3) is 11.5 Å². The largest absolute Gasteiger partial charge is 0.334 e. The summed E-state index contributed by atoms with van der Waals surface area (Å²) >= 11 is 2.12. The predicted molar refractivity (Wildman–Crippen MR) is 84.0 cm³/mol. The molecule has 1 heterocycles. The summed E-state index contributed by atoms with van der Waals surface area (Å²) in [5.41, 5.74) is 6.41. The van der Waals surface area contributed by atoms with Crippen LogP contribution in [-0.2, 0) is 5.54 Å². The second kappa shape index (κ2) is 5.95. The van der Waals surface area contributed by atoms with Gasteiger partial charge in [0.2, 0.25) is 0 Å². The van der Waals surface area contributed by atoms with E-state index in [1.165, 1.54) is 12.1 Å². The molecule has 0 atom stereocenters. The first-order valence-electron chi connectivity index (χ1n) is 6.17. The molecule has 0 spiro atoms. The van der Waals surface area contributed by atoms with Crippen LogP contribution in [0.1, 0.15) is 31.5 Å². The fourth-order valence-corrected chi connectivity index (χ4v) is 2.99. The van der Waals surface area contributed by atoms with Gasteiger partial charge in [0.25, 0.3) is 5.89 Å². The Morgan fingerprint density at radius 3 is 2.70 bits per heavy atom. The van der Waals surface area contributed by atoms with E-state index >= 15 is 0 Å². The van der Waals surface area contributed by atoms with E-state index in [0.717, 1.165) is 29.3 Å². The molecular weight excluding hydrogens is 396 g/mol. The predicted octanol–water partition coefficient (Wildman–Crippen LogP) is 3.63. The molecule has 1 aromatic carbocycles. The Balaban J connectivity index is 0.00000147. The maximum Gasteiger partial charge on any atom is 0.259 e. The third-order valence-electron chi connectivity index (χ3n) is 3.53. The zero-order valence-electron chi connectivity index (χ0n) is 10.6. The fourth-order valence-electron chi connectivity index (χ4n) is 2.43. The van der Waals surface area contributed by atoms with E-state index in [1.54, 1.807) is 6.07 Å². The molecule has 4 nitrogen and oxygen atoms in total. The van der Waals surface area contributed by atoms with Crippen molar-refractivity contribution < 1.29 is 8.91 Å². The maximum absolute atomic E-state index is 13.3. The number of aromatic nitrogens is 2. The van der Waals surface area contributed by atoms with Crippen LogP contribution in [0.5, 0.6) is 0 Å². The Bertz CT molecular complexity index is 613. The first kappa shape index (κ1) is 15.7. The maximum atomic E-state index is 13.3. The van der Waals surface area contributed by atoms with Gasteiger partial charge in [0.15, 0.2) is 5.82 Å². The van der Waals surface area contributed by atoms with Gasteiger partial charge in [0, 0.05) is 3.57 Å². The molecular formula is C13H14ClFIN3O. The van der Waals surface area contributed by atoms with E-state index in [1.807, 2.05) is 0 Å². The molecule has 20 heavy (non-hydrogen) atoms. The molecule has 0 aliphatic heterocycles. The minimum Gasteiger partial charge on any atom is -0.334 e. The van der Waals surface area contributed by atoms with Crippen molar-refractivity contribution in [3.63, 3.8) is 0 Å². The van der Waals surface area contributed by atoms with Crippen LogP contribution in [-0.4, -0.2) is 10.1 Å². The zero-order chi connectivity index (χ0) is 13.5. The monoisotopic (exact) mass is 409 g/mol. The smallest absolute Gasteiger partial charge is 0.259 e. The van der Waals surface area contributed by atoms with Gasteiger partial charge >= 0.3 is 0 Å². The molecule has 7 heteroatoms. The van der Waals surface area contributed by atoms with Crippen molar-refractivity contribution in [2.45, 2.75) is 31.2 Å². The van der Waals surface area contributed by atoms with E-state index in [-0.39, 0.29) is 18.2 Å². The molecule has 0 saturated heterocycles. The van der Waals surface area contributed by atoms with Crippen molar-refractivity contribution in [2.24, 2.45) is 5.73 Å². The average Bonchev–Trinajstić information content (AvgIpc) is 3.02. The fraction of sp³-hybridized carbons (Fsp3) is 0.385. The quantitative estimate of drug-likeness (QED) is 0.769. The number of halogens is 3. The second-order valence-electron chi connectivity index (χ2n) is 4.91. The summed E-state index contributed by atoms with van der Waals surface area (Å²) in [6.07, 6.45) is 3.90. The molecule has 1 aliphatic carbocycles. The highest BCUT2D eigenvalue weighted by Gasteiger charge is 2.36. The van der Waals surface area contributed by atoms with Gasteiger partial charge in [-0.1, -0.05) is 18.0 Å². The van der Waals surface area contributed by atoms with Crippen LogP contribution in [0.4, 0.5) is 4.39 Å². The summed E-state index contributed by atoms with van der Waals surface area (Å²) in [7, 11) is 0. The Labute approximate surface area is 135 Å². The second-order valence-corrected chi connectivity index (χ2v) is 6.07. The van der Waals surface area contributed by atoms with Gasteiger partial charge in [-0.3, -0.25) is 0 Å². The standard InChI is InChI=1S/C13H13FIN3O.ClH/c14-8-3-4-10(15)9(7-8)11-17-12(18-19-11)13(16)5-1-2-6-13;/h3-4,7H,1-2,5-6,16H2;1H. The zero-order valence-corrected chi connectivity index (χ0v) is 13.6. The molecule has 0 radical (unpaired) electrons. The first-order chi connectivity index (χ1) is 9.08. The van der Waals surface area contributed by atoms with Crippen molar-refractivity contribution in [1.82, 2.24) is 10.1 Å². The first-order valence-corrected chi connectivity index (χ1v) is 7.25. The minimum absolute atomic E-state index is 0. The number of nitrogens with zero attached hydrogens (tertiary/aromatic N) is 2. The minimum atomic E-state index is -0.486. The Kier molecular flexibility index (Phi) is 4.66.